The molecule has 0 aromatic heterocycles. The van der Waals surface area contributed by atoms with Crippen LogP contribution in [0.15, 0.2) is 0 Å². The van der Waals surface area contributed by atoms with Gasteiger partial charge in [0.1, 0.15) is 0 Å². The standard InChI is InChI=1S/C27H42O16P2/c1-5-10-24(16(28)29,17(30)31)44(25(11-6-2,18(32)33)19(34)35)14-9-15-45(26(12-7-3,20(36)37)21(38)39)27(13-8-4,22(40)41)23(42)43/h5-15H2,1-4H3,(H,28,29)(H,30,31)(H,32,33)(H,34,35)(H,36,37)(H,38,39)(H,40,41)(H,42,43). The Bertz CT molecular complexity index is 937. The minimum Gasteiger partial charge on any atom is -0.480 e. The lowest BCUT2D eigenvalue weighted by molar-refractivity contribution is -0.156. The SMILES string of the molecule is CCCC(C(=O)O)(C(=O)O)P(CCCP(C(CCC)(C(=O)O)C(=O)O)C(CCC)(C(=O)O)C(=O)O)C(CCC)(C(=O)O)C(=O)O. The van der Waals surface area contributed by atoms with Crippen LogP contribution in [-0.4, -0.2) is 122 Å². The van der Waals surface area contributed by atoms with Crippen LogP contribution in [0, 0.1) is 0 Å². The Morgan fingerprint density at radius 1 is 0.378 bits per heavy atom. The predicted molar refractivity (Wildman–Crippen MR) is 160 cm³/mol. The second-order valence-electron chi connectivity index (χ2n) is 10.5. The van der Waals surface area contributed by atoms with Gasteiger partial charge in [-0.2, -0.15) is 0 Å². The predicted octanol–water partition coefficient (Wildman–Crippen LogP) is 3.17. The first-order valence-corrected chi connectivity index (χ1v) is 17.2. The second kappa shape index (κ2) is 16.8. The van der Waals surface area contributed by atoms with E-state index in [-0.39, 0.29) is 25.7 Å². The highest BCUT2D eigenvalue weighted by Crippen LogP contribution is 2.67. The molecule has 0 aliphatic carbocycles. The highest BCUT2D eigenvalue weighted by Gasteiger charge is 2.67. The molecule has 45 heavy (non-hydrogen) atoms. The van der Waals surface area contributed by atoms with Crippen LogP contribution >= 0.6 is 15.8 Å². The number of carbonyl (C=O) groups is 8. The van der Waals surface area contributed by atoms with E-state index >= 15 is 0 Å². The maximum Gasteiger partial charge on any atom is 0.325 e. The molecule has 0 rings (SSSR count). The molecule has 18 heteroatoms. The summed E-state index contributed by atoms with van der Waals surface area (Å²) in [5, 5.41) is 70.1. The van der Waals surface area contributed by atoms with Gasteiger partial charge in [0, 0.05) is 0 Å². The van der Waals surface area contributed by atoms with E-state index in [0.29, 0.717) is 0 Å². The molecule has 8 N–H and O–H groups in total. The zero-order valence-electron chi connectivity index (χ0n) is 25.5. The van der Waals surface area contributed by atoms with Crippen molar-refractivity contribution in [1.29, 1.82) is 0 Å². The number of carboxylic acids is 8. The zero-order chi connectivity index (χ0) is 35.6. The van der Waals surface area contributed by atoms with Gasteiger partial charge in [-0.25, -0.2) is 0 Å². The van der Waals surface area contributed by atoms with Crippen molar-refractivity contribution in [3.63, 3.8) is 0 Å². The van der Waals surface area contributed by atoms with Gasteiger partial charge in [0.2, 0.25) is 0 Å². The molecule has 0 fully saturated rings. The van der Waals surface area contributed by atoms with Crippen LogP contribution in [0.4, 0.5) is 0 Å². The van der Waals surface area contributed by atoms with Crippen LogP contribution in [0.1, 0.15) is 85.5 Å². The van der Waals surface area contributed by atoms with Crippen molar-refractivity contribution in [2.24, 2.45) is 0 Å². The molecule has 0 spiro atoms. The monoisotopic (exact) mass is 684 g/mol. The van der Waals surface area contributed by atoms with E-state index < -0.39 is 129 Å². The first-order valence-electron chi connectivity index (χ1n) is 14.2. The largest absolute Gasteiger partial charge is 0.480 e. The molecule has 0 bridgehead atoms. The van der Waals surface area contributed by atoms with Gasteiger partial charge in [-0.05, 0) is 60.3 Å². The molecule has 0 aromatic carbocycles. The highest BCUT2D eigenvalue weighted by atomic mass is 31.1. The topological polar surface area (TPSA) is 298 Å². The van der Waals surface area contributed by atoms with Gasteiger partial charge in [-0.3, -0.25) is 38.4 Å². The number of rotatable bonds is 24. The summed E-state index contributed by atoms with van der Waals surface area (Å²) in [7, 11) is -6.37. The molecule has 0 unspecified atom stereocenters. The maximum atomic E-state index is 12.7. The average molecular weight is 685 g/mol. The van der Waals surface area contributed by atoms with Crippen molar-refractivity contribution in [3.05, 3.63) is 0 Å². The van der Waals surface area contributed by atoms with Gasteiger partial charge in [0.25, 0.3) is 0 Å². The maximum absolute atomic E-state index is 12.7. The third-order valence-corrected chi connectivity index (χ3v) is 15.5. The second-order valence-corrected chi connectivity index (χ2v) is 16.2. The van der Waals surface area contributed by atoms with Crippen LogP contribution in [0.5, 0.6) is 0 Å². The lowest BCUT2D eigenvalue weighted by atomic mass is 10.0. The summed E-state index contributed by atoms with van der Waals surface area (Å²) in [5.74, 6) is -16.1. The van der Waals surface area contributed by atoms with Crippen molar-refractivity contribution < 1.29 is 79.2 Å². The Hall–Kier alpha value is -3.38. The van der Waals surface area contributed by atoms with Crippen LogP contribution in [0.3, 0.4) is 0 Å². The van der Waals surface area contributed by atoms with Crippen LogP contribution in [0.2, 0.25) is 0 Å². The van der Waals surface area contributed by atoms with Crippen LogP contribution < -0.4 is 0 Å². The van der Waals surface area contributed by atoms with Crippen molar-refractivity contribution in [3.8, 4) is 0 Å². The average Bonchev–Trinajstić information content (AvgIpc) is 2.91. The summed E-state index contributed by atoms with van der Waals surface area (Å²) in [6, 6.07) is 0. The zero-order valence-corrected chi connectivity index (χ0v) is 27.3. The van der Waals surface area contributed by atoms with E-state index in [9.17, 15) is 79.2 Å². The van der Waals surface area contributed by atoms with Crippen molar-refractivity contribution in [1.82, 2.24) is 0 Å². The van der Waals surface area contributed by atoms with E-state index in [0.717, 1.165) is 0 Å². The van der Waals surface area contributed by atoms with Crippen LogP contribution in [-0.2, 0) is 38.4 Å². The van der Waals surface area contributed by atoms with Gasteiger partial charge in [-0.15, -0.1) is 0 Å². The smallest absolute Gasteiger partial charge is 0.325 e. The molecule has 0 atom stereocenters. The Kier molecular flexibility index (Phi) is 15.5. The number of hydrogen-bond acceptors (Lipinski definition) is 8. The van der Waals surface area contributed by atoms with E-state index in [1.807, 2.05) is 0 Å². The molecule has 0 radical (unpaired) electrons. The lowest BCUT2D eigenvalue weighted by Gasteiger charge is -2.45. The van der Waals surface area contributed by atoms with Gasteiger partial charge in [-0.1, -0.05) is 53.4 Å². The Labute approximate surface area is 261 Å². The van der Waals surface area contributed by atoms with Crippen LogP contribution in [0.25, 0.3) is 0 Å². The van der Waals surface area contributed by atoms with E-state index in [4.69, 9.17) is 0 Å². The molecule has 0 aromatic rings. The molecule has 0 saturated heterocycles. The van der Waals surface area contributed by atoms with Crippen molar-refractivity contribution in [2.45, 2.75) is 106 Å². The van der Waals surface area contributed by atoms with Gasteiger partial charge in [0.15, 0.2) is 20.6 Å². The third-order valence-electron chi connectivity index (χ3n) is 7.88. The first-order chi connectivity index (χ1) is 20.8. The minimum absolute atomic E-state index is 0.138. The Morgan fingerprint density at radius 2 is 0.533 bits per heavy atom. The van der Waals surface area contributed by atoms with Gasteiger partial charge < -0.3 is 40.9 Å². The minimum atomic E-state index is -3.18. The molecule has 0 amide bonds. The van der Waals surface area contributed by atoms with E-state index in [1.165, 1.54) is 27.7 Å². The number of hydrogen-bond donors (Lipinski definition) is 8. The third kappa shape index (κ3) is 7.38. The fourth-order valence-electron chi connectivity index (χ4n) is 5.93. The molecular formula is C27H42O16P2. The Balaban J connectivity index is 7.88. The molecule has 16 nitrogen and oxygen atoms in total. The summed E-state index contributed by atoms with van der Waals surface area (Å²) >= 11 is 0. The number of carboxylic acid groups (broad SMARTS) is 8. The quantitative estimate of drug-likeness (QED) is 0.0535. The fourth-order valence-corrected chi connectivity index (χ4v) is 13.8. The normalized spacial score (nSPS) is 12.6. The highest BCUT2D eigenvalue weighted by molar-refractivity contribution is 7.66. The van der Waals surface area contributed by atoms with E-state index in [1.54, 1.807) is 0 Å². The fraction of sp³-hybridized carbons (Fsp3) is 0.704. The van der Waals surface area contributed by atoms with Gasteiger partial charge >= 0.3 is 47.8 Å². The van der Waals surface area contributed by atoms with Crippen molar-refractivity contribution in [2.75, 3.05) is 12.3 Å². The molecule has 0 aliphatic rings. The first kappa shape index (κ1) is 41.6. The molecule has 256 valence electrons. The summed E-state index contributed by atoms with van der Waals surface area (Å²) < 4.78 is 0. The molecule has 0 saturated carbocycles. The molecular weight excluding hydrogens is 642 g/mol. The summed E-state index contributed by atoms with van der Waals surface area (Å²) in [6.07, 6.45) is -5.62. The summed E-state index contributed by atoms with van der Waals surface area (Å²) in [4.78, 5) is 101. The summed E-state index contributed by atoms with van der Waals surface area (Å²) in [5.41, 5.74) is 0. The van der Waals surface area contributed by atoms with Crippen molar-refractivity contribution >= 4 is 63.6 Å². The number of aliphatic carboxylic acids is 8. The Morgan fingerprint density at radius 3 is 0.644 bits per heavy atom. The molecule has 0 heterocycles. The molecule has 0 aliphatic heterocycles. The lowest BCUT2D eigenvalue weighted by Crippen LogP contribution is -2.57. The summed E-state index contributed by atoms with van der Waals surface area (Å²) in [6.45, 7) is 5.59. The van der Waals surface area contributed by atoms with Gasteiger partial charge in [0.05, 0.1) is 0 Å². The van der Waals surface area contributed by atoms with E-state index in [2.05, 4.69) is 0 Å².